The van der Waals surface area contributed by atoms with Gasteiger partial charge >= 0.3 is 165 Å². The molecule has 0 aromatic rings. The summed E-state index contributed by atoms with van der Waals surface area (Å²) < 4.78 is 11.8. The molecule has 0 heterocycles. The molecule has 0 aromatic carbocycles. The molecular weight excluding hydrogens is 431 g/mol. The van der Waals surface area contributed by atoms with Crippen molar-refractivity contribution in [2.45, 2.75) is 98.8 Å². The van der Waals surface area contributed by atoms with Crippen molar-refractivity contribution >= 4 is 30.1 Å². The predicted molar refractivity (Wildman–Crippen MR) is 112 cm³/mol. The number of hydrogen-bond acceptors (Lipinski definition) is 3. The maximum absolute atomic E-state index is 12.7. The number of methoxy groups -OCH3 is 1. The topological polar surface area (TPSA) is 43.4 Å². The third-order valence-corrected chi connectivity index (χ3v) is 20.5. The van der Waals surface area contributed by atoms with Gasteiger partial charge in [-0.25, -0.2) is 0 Å². The van der Waals surface area contributed by atoms with Crippen molar-refractivity contribution in [3.05, 3.63) is 9.67 Å². The van der Waals surface area contributed by atoms with E-state index in [1.54, 1.807) is 6.92 Å². The van der Waals surface area contributed by atoms with Crippen molar-refractivity contribution in [3.8, 4) is 0 Å². The predicted octanol–water partition coefficient (Wildman–Crippen LogP) is 6.23. The van der Waals surface area contributed by atoms with Gasteiger partial charge in [-0.05, 0) is 0 Å². The van der Waals surface area contributed by atoms with Crippen LogP contribution >= 0.6 is 0 Å². The molecule has 0 N–H and O–H groups in total. The van der Waals surface area contributed by atoms with Gasteiger partial charge in [0.05, 0.1) is 0 Å². The van der Waals surface area contributed by atoms with E-state index in [0.717, 1.165) is 18.4 Å². The molecule has 1 aliphatic rings. The van der Waals surface area contributed by atoms with E-state index in [1.165, 1.54) is 58.9 Å². The summed E-state index contributed by atoms with van der Waals surface area (Å²) in [6.07, 6.45) is 10.0. The van der Waals surface area contributed by atoms with Crippen LogP contribution in [0.1, 0.15) is 85.5 Å². The summed E-state index contributed by atoms with van der Waals surface area (Å²) in [5.74, 6) is -0.342. The van der Waals surface area contributed by atoms with Gasteiger partial charge in [-0.2, -0.15) is 0 Å². The zero-order chi connectivity index (χ0) is 19.6. The summed E-state index contributed by atoms with van der Waals surface area (Å²) in [6, 6.07) is 0. The van der Waals surface area contributed by atoms with Crippen molar-refractivity contribution < 1.29 is 14.3 Å². The number of carbonyl (C=O) groups excluding carboxylic acids is 2. The van der Waals surface area contributed by atoms with Gasteiger partial charge in [-0.1, -0.05) is 0 Å². The minimum atomic E-state index is -2.54. The van der Waals surface area contributed by atoms with Gasteiger partial charge in [-0.3, -0.25) is 0 Å². The summed E-state index contributed by atoms with van der Waals surface area (Å²) in [6.45, 7) is 8.39. The fourth-order valence-corrected chi connectivity index (χ4v) is 20.3. The SMILES string of the molecule is CCC[CH2][Sn](/[CH]=C1\CCCC1(C(C)=O)C(=O)OC)([CH2]CCC)[CH2]CCC. The molecule has 1 aliphatic carbocycles. The van der Waals surface area contributed by atoms with Crippen molar-refractivity contribution in [3.63, 3.8) is 0 Å². The molecule has 3 nitrogen and oxygen atoms in total. The standard InChI is InChI=1S/C10H13O3.3C4H9.Sn/c1-7-5-4-6-10(7,8(2)11)9(12)13-3;3*1-3-4-2;/h1H,4-6H2,2-3H3;3*1,3-4H2,2H3;. The maximum atomic E-state index is 12.7. The first kappa shape index (κ1) is 23.7. The van der Waals surface area contributed by atoms with E-state index in [2.05, 4.69) is 24.9 Å². The van der Waals surface area contributed by atoms with E-state index in [9.17, 15) is 9.59 Å². The van der Waals surface area contributed by atoms with E-state index >= 15 is 0 Å². The van der Waals surface area contributed by atoms with E-state index in [0.29, 0.717) is 6.42 Å². The van der Waals surface area contributed by atoms with Crippen LogP contribution in [0.5, 0.6) is 0 Å². The van der Waals surface area contributed by atoms with Crippen molar-refractivity contribution in [1.29, 1.82) is 0 Å². The van der Waals surface area contributed by atoms with Gasteiger partial charge in [-0.15, -0.1) is 0 Å². The second-order valence-electron chi connectivity index (χ2n) is 8.15. The third-order valence-electron chi connectivity index (χ3n) is 6.25. The Morgan fingerprint density at radius 3 is 1.92 bits per heavy atom. The number of unbranched alkanes of at least 4 members (excludes halogenated alkanes) is 3. The van der Waals surface area contributed by atoms with E-state index in [4.69, 9.17) is 4.74 Å². The molecule has 0 radical (unpaired) electrons. The molecule has 150 valence electrons. The van der Waals surface area contributed by atoms with E-state index < -0.39 is 23.8 Å². The van der Waals surface area contributed by atoms with Crippen LogP contribution < -0.4 is 0 Å². The van der Waals surface area contributed by atoms with Gasteiger partial charge in [0.15, 0.2) is 0 Å². The third kappa shape index (κ3) is 5.59. The van der Waals surface area contributed by atoms with Crippen LogP contribution in [0.4, 0.5) is 0 Å². The van der Waals surface area contributed by atoms with Crippen LogP contribution in [-0.4, -0.2) is 37.2 Å². The molecule has 0 aliphatic heterocycles. The first-order valence-corrected chi connectivity index (χ1v) is 18.4. The number of carbonyl (C=O) groups is 2. The quantitative estimate of drug-likeness (QED) is 0.193. The minimum absolute atomic E-state index is 0.0187. The fourth-order valence-electron chi connectivity index (χ4n) is 4.61. The Morgan fingerprint density at radius 2 is 1.54 bits per heavy atom. The zero-order valence-corrected chi connectivity index (χ0v) is 20.6. The molecule has 0 spiro atoms. The Bertz CT molecular complexity index is 476. The molecule has 1 atom stereocenters. The van der Waals surface area contributed by atoms with E-state index in [1.807, 2.05) is 0 Å². The molecule has 4 heteroatoms. The molecule has 0 aromatic heterocycles. The Hall–Kier alpha value is -0.321. The van der Waals surface area contributed by atoms with Crippen LogP contribution in [-0.2, 0) is 14.3 Å². The summed E-state index contributed by atoms with van der Waals surface area (Å²) in [5, 5.41) is 0. The van der Waals surface area contributed by atoms with Gasteiger partial charge < -0.3 is 0 Å². The fraction of sp³-hybridized carbons (Fsp3) is 0.818. The van der Waals surface area contributed by atoms with Crippen LogP contribution in [0.2, 0.25) is 13.3 Å². The van der Waals surface area contributed by atoms with Gasteiger partial charge in [0, 0.05) is 0 Å². The number of ether oxygens (including phenoxy) is 1. The second-order valence-corrected chi connectivity index (χ2v) is 21.0. The van der Waals surface area contributed by atoms with Crippen molar-refractivity contribution in [1.82, 2.24) is 0 Å². The molecule has 1 fully saturated rings. The van der Waals surface area contributed by atoms with E-state index in [-0.39, 0.29) is 11.8 Å². The summed E-state index contributed by atoms with van der Waals surface area (Å²) in [4.78, 5) is 25.2. The Morgan fingerprint density at radius 1 is 1.04 bits per heavy atom. The number of hydrogen-bond donors (Lipinski definition) is 0. The number of ketones is 1. The van der Waals surface area contributed by atoms with Crippen molar-refractivity contribution in [2.75, 3.05) is 7.11 Å². The molecular formula is C22H40O3Sn. The molecule has 0 amide bonds. The Balaban J connectivity index is 3.36. The monoisotopic (exact) mass is 472 g/mol. The van der Waals surface area contributed by atoms with Gasteiger partial charge in [0.2, 0.25) is 0 Å². The molecule has 26 heavy (non-hydrogen) atoms. The molecule has 1 unspecified atom stereocenters. The molecule has 0 bridgehead atoms. The Kier molecular flexibility index (Phi) is 10.5. The first-order chi connectivity index (χ1) is 12.4. The molecule has 0 saturated heterocycles. The number of esters is 1. The Labute approximate surface area is 165 Å². The normalized spacial score (nSPS) is 22.0. The summed E-state index contributed by atoms with van der Waals surface area (Å²) in [7, 11) is 1.42. The summed E-state index contributed by atoms with van der Waals surface area (Å²) >= 11 is -2.54. The van der Waals surface area contributed by atoms with Crippen LogP contribution in [0.15, 0.2) is 9.67 Å². The molecule has 1 saturated carbocycles. The average molecular weight is 471 g/mol. The van der Waals surface area contributed by atoms with Gasteiger partial charge in [0.1, 0.15) is 0 Å². The van der Waals surface area contributed by atoms with Crippen LogP contribution in [0.25, 0.3) is 0 Å². The van der Waals surface area contributed by atoms with Crippen molar-refractivity contribution in [2.24, 2.45) is 5.41 Å². The summed E-state index contributed by atoms with van der Waals surface area (Å²) in [5.41, 5.74) is 0.164. The average Bonchev–Trinajstić information content (AvgIpc) is 3.06. The number of rotatable bonds is 12. The first-order valence-electron chi connectivity index (χ1n) is 10.7. The second kappa shape index (κ2) is 11.5. The van der Waals surface area contributed by atoms with Gasteiger partial charge in [0.25, 0.3) is 0 Å². The van der Waals surface area contributed by atoms with Crippen LogP contribution in [0.3, 0.4) is 0 Å². The number of Topliss-reactive ketones (excluding diaryl/α,β-unsaturated/α-hetero) is 1. The zero-order valence-electron chi connectivity index (χ0n) is 17.8. The van der Waals surface area contributed by atoms with Crippen LogP contribution in [0, 0.1) is 5.41 Å². The molecule has 1 rings (SSSR count).